The van der Waals surface area contributed by atoms with Gasteiger partial charge in [-0.3, -0.25) is 10.1 Å². The van der Waals surface area contributed by atoms with Gasteiger partial charge < -0.3 is 4.74 Å². The Kier molecular flexibility index (Phi) is 4.35. The number of ether oxygens (including phenoxy) is 1. The van der Waals surface area contributed by atoms with E-state index in [2.05, 4.69) is 20.6 Å². The van der Waals surface area contributed by atoms with Crippen molar-refractivity contribution in [2.24, 2.45) is 5.10 Å². The highest BCUT2D eigenvalue weighted by Gasteiger charge is 2.13. The van der Waals surface area contributed by atoms with Crippen molar-refractivity contribution in [2.45, 2.75) is 12.8 Å². The van der Waals surface area contributed by atoms with Crippen LogP contribution in [0.1, 0.15) is 18.4 Å². The minimum atomic E-state index is -0.606. The molecule has 0 radical (unpaired) electrons. The molecule has 1 aromatic rings. The molecule has 0 atom stereocenters. The molecule has 0 bridgehead atoms. The van der Waals surface area contributed by atoms with Crippen molar-refractivity contribution in [1.29, 1.82) is 0 Å². The molecule has 0 saturated carbocycles. The van der Waals surface area contributed by atoms with E-state index in [-0.39, 0.29) is 12.0 Å². The second-order valence-corrected chi connectivity index (χ2v) is 4.05. The van der Waals surface area contributed by atoms with Gasteiger partial charge >= 0.3 is 6.09 Å². The van der Waals surface area contributed by atoms with Gasteiger partial charge in [0.25, 0.3) is 0 Å². The molecular formula is C12H12ClN3O3. The molecule has 7 heteroatoms. The van der Waals surface area contributed by atoms with Crippen LogP contribution in [0.4, 0.5) is 10.5 Å². The largest absolute Gasteiger partial charge is 0.433 e. The average molecular weight is 282 g/mol. The molecule has 100 valence electrons. The van der Waals surface area contributed by atoms with Crippen LogP contribution >= 0.6 is 11.6 Å². The van der Waals surface area contributed by atoms with E-state index in [0.717, 1.165) is 11.3 Å². The van der Waals surface area contributed by atoms with E-state index in [1.165, 1.54) is 0 Å². The SMILES string of the molecule is O=C1CCC(c2ccc(NC(=O)OCCl)cc2)=NN1. The van der Waals surface area contributed by atoms with E-state index in [1.54, 1.807) is 12.1 Å². The molecule has 6 nitrogen and oxygen atoms in total. The molecule has 1 heterocycles. The van der Waals surface area contributed by atoms with Gasteiger partial charge in [0.05, 0.1) is 5.71 Å². The maximum atomic E-state index is 11.1. The first kappa shape index (κ1) is 13.4. The van der Waals surface area contributed by atoms with Crippen LogP contribution < -0.4 is 10.7 Å². The number of hydrogen-bond acceptors (Lipinski definition) is 4. The molecule has 0 fully saturated rings. The van der Waals surface area contributed by atoms with Crippen molar-refractivity contribution in [3.63, 3.8) is 0 Å². The van der Waals surface area contributed by atoms with Gasteiger partial charge in [-0.15, -0.1) is 0 Å². The summed E-state index contributed by atoms with van der Waals surface area (Å²) < 4.78 is 4.55. The molecule has 0 unspecified atom stereocenters. The van der Waals surface area contributed by atoms with Crippen LogP contribution in [0.25, 0.3) is 0 Å². The predicted molar refractivity (Wildman–Crippen MR) is 71.2 cm³/mol. The summed E-state index contributed by atoms with van der Waals surface area (Å²) in [5.41, 5.74) is 4.75. The summed E-state index contributed by atoms with van der Waals surface area (Å²) in [6.07, 6.45) is 0.429. The smallest absolute Gasteiger partial charge is 0.412 e. The van der Waals surface area contributed by atoms with Crippen molar-refractivity contribution in [3.8, 4) is 0 Å². The molecule has 19 heavy (non-hydrogen) atoms. The number of nitrogens with one attached hydrogen (secondary N) is 2. The van der Waals surface area contributed by atoms with Crippen LogP contribution in [0.2, 0.25) is 0 Å². The Morgan fingerprint density at radius 3 is 2.68 bits per heavy atom. The first-order valence-electron chi connectivity index (χ1n) is 5.64. The van der Waals surface area contributed by atoms with Gasteiger partial charge in [0.2, 0.25) is 5.91 Å². The third-order valence-corrected chi connectivity index (χ3v) is 2.66. The average Bonchev–Trinajstić information content (AvgIpc) is 2.41. The second kappa shape index (κ2) is 6.19. The minimum Gasteiger partial charge on any atom is -0.433 e. The summed E-state index contributed by atoms with van der Waals surface area (Å²) >= 11 is 5.27. The maximum absolute atomic E-state index is 11.1. The maximum Gasteiger partial charge on any atom is 0.412 e. The zero-order valence-electron chi connectivity index (χ0n) is 9.98. The Morgan fingerprint density at radius 1 is 1.37 bits per heavy atom. The fourth-order valence-corrected chi connectivity index (χ4v) is 1.73. The van der Waals surface area contributed by atoms with Crippen molar-refractivity contribution < 1.29 is 14.3 Å². The molecule has 0 saturated heterocycles. The van der Waals surface area contributed by atoms with Gasteiger partial charge in [0.1, 0.15) is 0 Å². The normalized spacial score (nSPS) is 14.4. The predicted octanol–water partition coefficient (Wildman–Crippen LogP) is 2.05. The molecule has 0 aromatic heterocycles. The highest BCUT2D eigenvalue weighted by Crippen LogP contribution is 2.14. The first-order valence-corrected chi connectivity index (χ1v) is 6.18. The van der Waals surface area contributed by atoms with Gasteiger partial charge in [-0.05, 0) is 17.7 Å². The zero-order valence-corrected chi connectivity index (χ0v) is 10.7. The van der Waals surface area contributed by atoms with Gasteiger partial charge in [0.15, 0.2) is 6.07 Å². The van der Waals surface area contributed by atoms with E-state index in [9.17, 15) is 9.59 Å². The van der Waals surface area contributed by atoms with Crippen LogP contribution in [0.5, 0.6) is 0 Å². The van der Waals surface area contributed by atoms with Gasteiger partial charge in [-0.25, -0.2) is 10.2 Å². The van der Waals surface area contributed by atoms with Gasteiger partial charge in [0, 0.05) is 18.5 Å². The number of hydrogen-bond donors (Lipinski definition) is 2. The molecule has 0 spiro atoms. The van der Waals surface area contributed by atoms with Gasteiger partial charge in [-0.2, -0.15) is 5.10 Å². The molecule has 0 aliphatic carbocycles. The molecule has 1 aromatic carbocycles. The first-order chi connectivity index (χ1) is 9.19. The zero-order chi connectivity index (χ0) is 13.7. The molecule has 2 rings (SSSR count). The number of hydrazone groups is 1. The van der Waals surface area contributed by atoms with Crippen LogP contribution in [0.3, 0.4) is 0 Å². The van der Waals surface area contributed by atoms with E-state index in [0.29, 0.717) is 18.5 Å². The van der Waals surface area contributed by atoms with Crippen molar-refractivity contribution in [3.05, 3.63) is 29.8 Å². The minimum absolute atomic E-state index is 0.0779. The number of halogens is 1. The molecule has 2 N–H and O–H groups in total. The summed E-state index contributed by atoms with van der Waals surface area (Å²) in [7, 11) is 0. The van der Waals surface area contributed by atoms with E-state index in [4.69, 9.17) is 11.6 Å². The third-order valence-electron chi connectivity index (χ3n) is 2.55. The third kappa shape index (κ3) is 3.69. The number of alkyl halides is 1. The summed E-state index contributed by atoms with van der Waals surface area (Å²) in [6.45, 7) is 0. The Balaban J connectivity index is 2.02. The summed E-state index contributed by atoms with van der Waals surface area (Å²) in [6, 6.07) is 6.88. The van der Waals surface area contributed by atoms with E-state index < -0.39 is 6.09 Å². The van der Waals surface area contributed by atoms with Gasteiger partial charge in [-0.1, -0.05) is 23.7 Å². The van der Waals surface area contributed by atoms with Crippen LogP contribution in [-0.2, 0) is 9.53 Å². The van der Waals surface area contributed by atoms with Crippen molar-refractivity contribution >= 4 is 35.0 Å². The Morgan fingerprint density at radius 2 is 2.11 bits per heavy atom. The molecular weight excluding hydrogens is 270 g/mol. The fraction of sp³-hybridized carbons (Fsp3) is 0.250. The lowest BCUT2D eigenvalue weighted by molar-refractivity contribution is -0.121. The number of nitrogens with zero attached hydrogens (tertiary/aromatic N) is 1. The summed E-state index contributed by atoms with van der Waals surface area (Å²) in [4.78, 5) is 22.1. The van der Waals surface area contributed by atoms with E-state index >= 15 is 0 Å². The van der Waals surface area contributed by atoms with Crippen molar-refractivity contribution in [2.75, 3.05) is 11.4 Å². The van der Waals surface area contributed by atoms with E-state index in [1.807, 2.05) is 12.1 Å². The number of carbonyl (C=O) groups excluding carboxylic acids is 2. The molecule has 1 aliphatic rings. The standard InChI is InChI=1S/C12H12ClN3O3/c13-7-19-12(18)14-9-3-1-8(2-4-9)10-5-6-11(17)16-15-10/h1-4H,5-7H2,(H,14,18)(H,16,17). The number of anilines is 1. The highest BCUT2D eigenvalue weighted by atomic mass is 35.5. The highest BCUT2D eigenvalue weighted by molar-refractivity contribution is 6.17. The number of carbonyl (C=O) groups is 2. The fourth-order valence-electron chi connectivity index (χ4n) is 1.63. The lowest BCUT2D eigenvalue weighted by Gasteiger charge is -2.12. The summed E-state index contributed by atoms with van der Waals surface area (Å²) in [5, 5.41) is 6.51. The Bertz CT molecular complexity index is 513. The Hall–Kier alpha value is -2.08. The number of amides is 2. The summed E-state index contributed by atoms with van der Waals surface area (Å²) in [5.74, 6) is -0.0779. The van der Waals surface area contributed by atoms with Crippen molar-refractivity contribution in [1.82, 2.24) is 5.43 Å². The quantitative estimate of drug-likeness (QED) is 0.832. The molecule has 1 aliphatic heterocycles. The second-order valence-electron chi connectivity index (χ2n) is 3.84. The molecule has 2 amide bonds. The topological polar surface area (TPSA) is 79.8 Å². The lowest BCUT2D eigenvalue weighted by atomic mass is 10.0. The monoisotopic (exact) mass is 281 g/mol. The van der Waals surface area contributed by atoms with Crippen LogP contribution in [0.15, 0.2) is 29.4 Å². The lowest BCUT2D eigenvalue weighted by Crippen LogP contribution is -2.25. The van der Waals surface area contributed by atoms with Crippen LogP contribution in [-0.4, -0.2) is 23.8 Å². The van der Waals surface area contributed by atoms with Crippen LogP contribution in [0, 0.1) is 0 Å². The number of benzene rings is 1. The number of rotatable bonds is 3. The Labute approximate surface area is 114 Å².